The lowest BCUT2D eigenvalue weighted by molar-refractivity contribution is -0.142. The fourth-order valence-electron chi connectivity index (χ4n) is 2.31. The number of carboxylic acids is 1. The van der Waals surface area contributed by atoms with Crippen molar-refractivity contribution in [1.29, 1.82) is 0 Å². The van der Waals surface area contributed by atoms with Crippen molar-refractivity contribution in [2.45, 2.75) is 6.92 Å². The van der Waals surface area contributed by atoms with Gasteiger partial charge in [0.2, 0.25) is 0 Å². The number of benzene rings is 1. The minimum Gasteiger partial charge on any atom is -0.481 e. The van der Waals surface area contributed by atoms with E-state index in [1.807, 2.05) is 6.92 Å². The van der Waals surface area contributed by atoms with Gasteiger partial charge in [0.1, 0.15) is 0 Å². The van der Waals surface area contributed by atoms with Crippen LogP contribution in [0.2, 0.25) is 10.0 Å². The van der Waals surface area contributed by atoms with Gasteiger partial charge in [-0.1, -0.05) is 30.1 Å². The molecule has 1 heterocycles. The molecule has 0 saturated carbocycles. The van der Waals surface area contributed by atoms with E-state index in [1.54, 1.807) is 6.07 Å². The number of carbonyl (C=O) groups is 2. The summed E-state index contributed by atoms with van der Waals surface area (Å²) in [6.07, 6.45) is 0. The minimum absolute atomic E-state index is 0.0592. The highest BCUT2D eigenvalue weighted by atomic mass is 35.5. The predicted molar refractivity (Wildman–Crippen MR) is 72.7 cm³/mol. The van der Waals surface area contributed by atoms with Crippen LogP contribution in [0.4, 0.5) is 0 Å². The summed E-state index contributed by atoms with van der Waals surface area (Å²) in [6, 6.07) is 4.62. The largest absolute Gasteiger partial charge is 0.481 e. The maximum Gasteiger partial charge on any atom is 0.308 e. The highest BCUT2D eigenvalue weighted by Crippen LogP contribution is 2.26. The van der Waals surface area contributed by atoms with Crippen LogP contribution in [-0.2, 0) is 4.79 Å². The zero-order valence-electron chi connectivity index (χ0n) is 10.3. The molecule has 1 amide bonds. The third-order valence-electron chi connectivity index (χ3n) is 3.33. The van der Waals surface area contributed by atoms with Gasteiger partial charge in [0.15, 0.2) is 0 Å². The fourth-order valence-corrected chi connectivity index (χ4v) is 2.84. The molecular weight excluding hydrogens is 289 g/mol. The smallest absolute Gasteiger partial charge is 0.308 e. The van der Waals surface area contributed by atoms with E-state index >= 15 is 0 Å². The fraction of sp³-hybridized carbons (Fsp3) is 0.385. The molecule has 1 saturated heterocycles. The Morgan fingerprint density at radius 1 is 1.21 bits per heavy atom. The highest BCUT2D eigenvalue weighted by molar-refractivity contribution is 6.35. The Bertz CT molecular complexity index is 512. The standard InChI is InChI=1S/C13H13Cl2NO3/c1-7-5-16(6-11(7)13(18)19)12(17)8-2-9(14)4-10(15)3-8/h2-4,7,11H,5-6H2,1H3,(H,18,19). The summed E-state index contributed by atoms with van der Waals surface area (Å²) >= 11 is 11.7. The van der Waals surface area contributed by atoms with Crippen molar-refractivity contribution in [3.63, 3.8) is 0 Å². The average molecular weight is 302 g/mol. The predicted octanol–water partition coefficient (Wildman–Crippen LogP) is 2.79. The Morgan fingerprint density at radius 3 is 2.26 bits per heavy atom. The molecule has 1 N–H and O–H groups in total. The van der Waals surface area contributed by atoms with Crippen molar-refractivity contribution < 1.29 is 14.7 Å². The van der Waals surface area contributed by atoms with Crippen molar-refractivity contribution in [3.8, 4) is 0 Å². The van der Waals surface area contributed by atoms with Crippen LogP contribution in [0, 0.1) is 11.8 Å². The lowest BCUT2D eigenvalue weighted by atomic mass is 9.99. The molecule has 1 aliphatic heterocycles. The van der Waals surface area contributed by atoms with Gasteiger partial charge in [0.25, 0.3) is 5.91 Å². The molecule has 2 rings (SSSR count). The number of aliphatic carboxylic acids is 1. The molecule has 0 radical (unpaired) electrons. The maximum atomic E-state index is 12.3. The van der Waals surface area contributed by atoms with Crippen LogP contribution in [0.3, 0.4) is 0 Å². The van der Waals surface area contributed by atoms with Crippen molar-refractivity contribution >= 4 is 35.1 Å². The van der Waals surface area contributed by atoms with Crippen molar-refractivity contribution in [2.75, 3.05) is 13.1 Å². The van der Waals surface area contributed by atoms with Gasteiger partial charge in [-0.25, -0.2) is 0 Å². The first-order valence-corrected chi connectivity index (χ1v) is 6.62. The number of nitrogens with zero attached hydrogens (tertiary/aromatic N) is 1. The summed E-state index contributed by atoms with van der Waals surface area (Å²) in [5.74, 6) is -1.68. The minimum atomic E-state index is -0.869. The first-order valence-electron chi connectivity index (χ1n) is 5.86. The Balaban J connectivity index is 2.19. The zero-order chi connectivity index (χ0) is 14.2. The number of hydrogen-bond acceptors (Lipinski definition) is 2. The second kappa shape index (κ2) is 5.39. The number of likely N-dealkylation sites (tertiary alicyclic amines) is 1. The molecule has 1 fully saturated rings. The van der Waals surface area contributed by atoms with Crippen molar-refractivity contribution in [3.05, 3.63) is 33.8 Å². The topological polar surface area (TPSA) is 57.6 Å². The van der Waals surface area contributed by atoms with E-state index in [9.17, 15) is 9.59 Å². The van der Waals surface area contributed by atoms with Gasteiger partial charge in [-0.2, -0.15) is 0 Å². The molecule has 2 atom stereocenters. The number of carboxylic acid groups (broad SMARTS) is 1. The van der Waals surface area contributed by atoms with Crippen LogP contribution in [0.15, 0.2) is 18.2 Å². The maximum absolute atomic E-state index is 12.3. The summed E-state index contributed by atoms with van der Waals surface area (Å²) in [5, 5.41) is 9.84. The van der Waals surface area contributed by atoms with E-state index in [1.165, 1.54) is 17.0 Å². The van der Waals surface area contributed by atoms with E-state index in [2.05, 4.69) is 0 Å². The van der Waals surface area contributed by atoms with Crippen LogP contribution in [0.5, 0.6) is 0 Å². The van der Waals surface area contributed by atoms with Crippen LogP contribution in [0.1, 0.15) is 17.3 Å². The molecule has 0 aliphatic carbocycles. The molecule has 2 unspecified atom stereocenters. The molecule has 6 heteroatoms. The lowest BCUT2D eigenvalue weighted by Crippen LogP contribution is -2.29. The molecule has 1 aliphatic rings. The quantitative estimate of drug-likeness (QED) is 0.914. The summed E-state index contributed by atoms with van der Waals surface area (Å²) in [6.45, 7) is 2.48. The summed E-state index contributed by atoms with van der Waals surface area (Å²) in [5.41, 5.74) is 0.385. The first-order chi connectivity index (χ1) is 8.88. The number of amides is 1. The van der Waals surface area contributed by atoms with Gasteiger partial charge < -0.3 is 10.0 Å². The molecule has 4 nitrogen and oxygen atoms in total. The second-order valence-electron chi connectivity index (χ2n) is 4.79. The Labute approximate surface area is 120 Å². The number of halogens is 2. The Kier molecular flexibility index (Phi) is 4.02. The van der Waals surface area contributed by atoms with Gasteiger partial charge in [0.05, 0.1) is 5.92 Å². The number of carbonyl (C=O) groups excluding carboxylic acids is 1. The van der Waals surface area contributed by atoms with E-state index < -0.39 is 11.9 Å². The first kappa shape index (κ1) is 14.2. The molecule has 19 heavy (non-hydrogen) atoms. The number of rotatable bonds is 2. The van der Waals surface area contributed by atoms with Crippen molar-refractivity contribution in [1.82, 2.24) is 4.90 Å². The van der Waals surface area contributed by atoms with Crippen LogP contribution < -0.4 is 0 Å². The normalized spacial score (nSPS) is 22.6. The summed E-state index contributed by atoms with van der Waals surface area (Å²) in [7, 11) is 0. The number of hydrogen-bond donors (Lipinski definition) is 1. The summed E-state index contributed by atoms with van der Waals surface area (Å²) < 4.78 is 0. The molecule has 1 aromatic carbocycles. The monoisotopic (exact) mass is 301 g/mol. The van der Waals surface area contributed by atoms with Crippen LogP contribution >= 0.6 is 23.2 Å². The molecule has 0 spiro atoms. The molecular formula is C13H13Cl2NO3. The lowest BCUT2D eigenvalue weighted by Gasteiger charge is -2.16. The van der Waals surface area contributed by atoms with Gasteiger partial charge >= 0.3 is 5.97 Å². The van der Waals surface area contributed by atoms with Crippen LogP contribution in [-0.4, -0.2) is 35.0 Å². The Morgan fingerprint density at radius 2 is 1.79 bits per heavy atom. The SMILES string of the molecule is CC1CN(C(=O)c2cc(Cl)cc(Cl)c2)CC1C(=O)O. The van der Waals surface area contributed by atoms with Crippen molar-refractivity contribution in [2.24, 2.45) is 11.8 Å². The molecule has 102 valence electrons. The molecule has 0 aromatic heterocycles. The van der Waals surface area contributed by atoms with E-state index in [0.29, 0.717) is 22.2 Å². The second-order valence-corrected chi connectivity index (χ2v) is 5.66. The average Bonchev–Trinajstić information content (AvgIpc) is 2.69. The zero-order valence-corrected chi connectivity index (χ0v) is 11.8. The van der Waals surface area contributed by atoms with E-state index in [4.69, 9.17) is 28.3 Å². The summed E-state index contributed by atoms with van der Waals surface area (Å²) in [4.78, 5) is 24.9. The third kappa shape index (κ3) is 3.01. The van der Waals surface area contributed by atoms with Crippen LogP contribution in [0.25, 0.3) is 0 Å². The van der Waals surface area contributed by atoms with Gasteiger partial charge in [0, 0.05) is 28.7 Å². The molecule has 1 aromatic rings. The van der Waals surface area contributed by atoms with Gasteiger partial charge in [-0.3, -0.25) is 9.59 Å². The van der Waals surface area contributed by atoms with E-state index in [0.717, 1.165) is 0 Å². The van der Waals surface area contributed by atoms with E-state index in [-0.39, 0.29) is 18.4 Å². The van der Waals surface area contributed by atoms with Gasteiger partial charge in [-0.05, 0) is 24.1 Å². The highest BCUT2D eigenvalue weighted by Gasteiger charge is 2.37. The Hall–Kier alpha value is -1.26. The third-order valence-corrected chi connectivity index (χ3v) is 3.76. The van der Waals surface area contributed by atoms with Gasteiger partial charge in [-0.15, -0.1) is 0 Å². The molecule has 0 bridgehead atoms.